The number of nitrogens with one attached hydrogen (secondary N) is 1. The molecule has 1 aromatic carbocycles. The third-order valence-corrected chi connectivity index (χ3v) is 5.72. The minimum Gasteiger partial charge on any atom is -0.465 e. The van der Waals surface area contributed by atoms with E-state index in [4.69, 9.17) is 16.3 Å². The van der Waals surface area contributed by atoms with Crippen molar-refractivity contribution in [2.75, 3.05) is 12.4 Å². The molecule has 1 heterocycles. The average molecular weight is 364 g/mol. The summed E-state index contributed by atoms with van der Waals surface area (Å²) in [5, 5.41) is 4.15. The Morgan fingerprint density at radius 1 is 1.29 bits per heavy atom. The number of fused-ring (bicyclic) bond motifs is 1. The van der Waals surface area contributed by atoms with Gasteiger partial charge in [-0.05, 0) is 42.9 Å². The Labute approximate surface area is 149 Å². The Kier molecular flexibility index (Phi) is 5.21. The number of carbonyl (C=O) groups excluding carboxylic acids is 2. The van der Waals surface area contributed by atoms with E-state index < -0.39 is 0 Å². The van der Waals surface area contributed by atoms with Crippen LogP contribution in [-0.2, 0) is 28.8 Å². The summed E-state index contributed by atoms with van der Waals surface area (Å²) >= 11 is 7.60. The van der Waals surface area contributed by atoms with Crippen LogP contribution in [0.25, 0.3) is 0 Å². The van der Waals surface area contributed by atoms with Crippen LogP contribution in [0.3, 0.4) is 0 Å². The number of rotatable bonds is 5. The van der Waals surface area contributed by atoms with Crippen LogP contribution >= 0.6 is 22.9 Å². The Balaban J connectivity index is 1.71. The number of hydrogen-bond donors (Lipinski definition) is 1. The lowest BCUT2D eigenvalue weighted by atomic mass is 10.1. The molecule has 2 aromatic rings. The number of methoxy groups -OCH3 is 1. The van der Waals surface area contributed by atoms with Gasteiger partial charge in [0.05, 0.1) is 12.7 Å². The first-order chi connectivity index (χ1) is 11.6. The third-order valence-electron chi connectivity index (χ3n) is 4.14. The highest BCUT2D eigenvalue weighted by Gasteiger charge is 2.27. The number of halogens is 1. The number of amides is 1. The van der Waals surface area contributed by atoms with Gasteiger partial charge in [0, 0.05) is 16.3 Å². The summed E-state index contributed by atoms with van der Waals surface area (Å²) in [6.45, 7) is 0. The Morgan fingerprint density at radius 2 is 2.08 bits per heavy atom. The second kappa shape index (κ2) is 7.36. The van der Waals surface area contributed by atoms with Crippen LogP contribution in [0, 0.1) is 0 Å². The fourth-order valence-corrected chi connectivity index (χ4v) is 4.47. The Morgan fingerprint density at radius 3 is 2.83 bits per heavy atom. The van der Waals surface area contributed by atoms with Crippen LogP contribution in [0.4, 0.5) is 5.00 Å². The van der Waals surface area contributed by atoms with Crippen LogP contribution in [0.1, 0.15) is 39.2 Å². The van der Waals surface area contributed by atoms with Gasteiger partial charge in [0.15, 0.2) is 0 Å². The summed E-state index contributed by atoms with van der Waals surface area (Å²) in [6.07, 6.45) is 3.74. The number of thiophene rings is 1. The lowest BCUT2D eigenvalue weighted by Gasteiger charge is -2.07. The number of benzene rings is 1. The summed E-state index contributed by atoms with van der Waals surface area (Å²) in [5.41, 5.74) is 2.51. The molecule has 4 nitrogen and oxygen atoms in total. The highest BCUT2D eigenvalue weighted by Crippen LogP contribution is 2.39. The predicted molar refractivity (Wildman–Crippen MR) is 96.1 cm³/mol. The highest BCUT2D eigenvalue weighted by atomic mass is 35.5. The van der Waals surface area contributed by atoms with Crippen LogP contribution < -0.4 is 5.32 Å². The Hall–Kier alpha value is -1.85. The van der Waals surface area contributed by atoms with Gasteiger partial charge in [-0.25, -0.2) is 4.79 Å². The quantitative estimate of drug-likeness (QED) is 0.808. The fourth-order valence-electron chi connectivity index (χ4n) is 2.95. The van der Waals surface area contributed by atoms with Crippen LogP contribution in [0.5, 0.6) is 0 Å². The topological polar surface area (TPSA) is 55.4 Å². The van der Waals surface area contributed by atoms with Gasteiger partial charge in [-0.15, -0.1) is 11.3 Å². The summed E-state index contributed by atoms with van der Waals surface area (Å²) in [7, 11) is 1.37. The second-order valence-electron chi connectivity index (χ2n) is 5.69. The van der Waals surface area contributed by atoms with E-state index >= 15 is 0 Å². The Bertz CT molecular complexity index is 785. The zero-order chi connectivity index (χ0) is 17.1. The van der Waals surface area contributed by atoms with E-state index in [-0.39, 0.29) is 11.9 Å². The van der Waals surface area contributed by atoms with Crippen molar-refractivity contribution in [2.24, 2.45) is 0 Å². The minimum atomic E-state index is -0.379. The zero-order valence-electron chi connectivity index (χ0n) is 13.4. The first-order valence-corrected chi connectivity index (χ1v) is 9.05. The lowest BCUT2D eigenvalue weighted by molar-refractivity contribution is -0.116. The van der Waals surface area contributed by atoms with Crippen LogP contribution in [0.2, 0.25) is 5.02 Å². The molecule has 0 bridgehead atoms. The minimum absolute atomic E-state index is 0.125. The van der Waals surface area contributed by atoms with Crippen molar-refractivity contribution >= 4 is 39.8 Å². The van der Waals surface area contributed by atoms with Crippen LogP contribution in [-0.4, -0.2) is 19.0 Å². The molecule has 0 saturated heterocycles. The average Bonchev–Trinajstić information content (AvgIpc) is 3.14. The molecule has 1 aromatic heterocycles. The molecule has 3 rings (SSSR count). The molecular weight excluding hydrogens is 346 g/mol. The van der Waals surface area contributed by atoms with Crippen molar-refractivity contribution in [3.63, 3.8) is 0 Å². The first kappa shape index (κ1) is 17.0. The maximum Gasteiger partial charge on any atom is 0.341 e. The van der Waals surface area contributed by atoms with E-state index in [1.807, 2.05) is 24.3 Å². The van der Waals surface area contributed by atoms with Crippen molar-refractivity contribution in [3.8, 4) is 0 Å². The van der Waals surface area contributed by atoms with Crippen molar-refractivity contribution in [1.82, 2.24) is 0 Å². The van der Waals surface area contributed by atoms with Gasteiger partial charge >= 0.3 is 5.97 Å². The largest absolute Gasteiger partial charge is 0.465 e. The molecule has 1 aliphatic carbocycles. The van der Waals surface area contributed by atoms with Crippen LogP contribution in [0.15, 0.2) is 24.3 Å². The van der Waals surface area contributed by atoms with Crippen molar-refractivity contribution in [1.29, 1.82) is 0 Å². The molecule has 0 atom stereocenters. The van der Waals surface area contributed by atoms with Gasteiger partial charge in [0.25, 0.3) is 0 Å². The number of anilines is 1. The summed E-state index contributed by atoms with van der Waals surface area (Å²) in [4.78, 5) is 25.5. The predicted octanol–water partition coefficient (Wildman–Crippen LogP) is 4.25. The second-order valence-corrected chi connectivity index (χ2v) is 7.21. The van der Waals surface area contributed by atoms with E-state index in [1.54, 1.807) is 0 Å². The van der Waals surface area contributed by atoms with Crippen molar-refractivity contribution in [3.05, 3.63) is 50.9 Å². The van der Waals surface area contributed by atoms with E-state index in [0.717, 1.165) is 30.4 Å². The normalized spacial score (nSPS) is 12.8. The molecule has 0 radical (unpaired) electrons. The highest BCUT2D eigenvalue weighted by molar-refractivity contribution is 7.17. The number of carbonyl (C=O) groups is 2. The standard InChI is InChI=1S/C18H18ClNO3S/c1-23-18(22)16-12-6-4-8-14(12)24-17(16)20-15(21)10-9-11-5-2-3-7-13(11)19/h2-3,5,7H,4,6,8-10H2,1H3,(H,20,21). The zero-order valence-corrected chi connectivity index (χ0v) is 14.9. The molecule has 1 amide bonds. The molecule has 0 fully saturated rings. The van der Waals surface area contributed by atoms with Gasteiger partial charge in [0.1, 0.15) is 5.00 Å². The molecule has 6 heteroatoms. The molecule has 0 unspecified atom stereocenters. The molecule has 0 spiro atoms. The first-order valence-electron chi connectivity index (χ1n) is 7.86. The maximum absolute atomic E-state index is 12.3. The van der Waals surface area contributed by atoms with Gasteiger partial charge in [-0.3, -0.25) is 4.79 Å². The SMILES string of the molecule is COC(=O)c1c(NC(=O)CCc2ccccc2Cl)sc2c1CCC2. The lowest BCUT2D eigenvalue weighted by Crippen LogP contribution is -2.15. The van der Waals surface area contributed by atoms with E-state index in [1.165, 1.54) is 23.3 Å². The molecule has 0 saturated carbocycles. The van der Waals surface area contributed by atoms with E-state index in [0.29, 0.717) is 28.4 Å². The molecule has 24 heavy (non-hydrogen) atoms. The number of aryl methyl sites for hydroxylation is 2. The summed E-state index contributed by atoms with van der Waals surface area (Å²) in [6, 6.07) is 7.49. The number of esters is 1. The van der Waals surface area contributed by atoms with Gasteiger partial charge in [-0.1, -0.05) is 29.8 Å². The molecule has 1 aliphatic rings. The number of hydrogen-bond acceptors (Lipinski definition) is 4. The van der Waals surface area contributed by atoms with E-state index in [9.17, 15) is 9.59 Å². The third kappa shape index (κ3) is 3.47. The smallest absolute Gasteiger partial charge is 0.341 e. The molecular formula is C18H18ClNO3S. The summed E-state index contributed by atoms with van der Waals surface area (Å²) in [5.74, 6) is -0.504. The molecule has 126 valence electrons. The van der Waals surface area contributed by atoms with Gasteiger partial charge in [0.2, 0.25) is 5.91 Å². The molecule has 1 N–H and O–H groups in total. The summed E-state index contributed by atoms with van der Waals surface area (Å²) < 4.78 is 4.89. The fraction of sp³-hybridized carbons (Fsp3) is 0.333. The van der Waals surface area contributed by atoms with Crippen molar-refractivity contribution < 1.29 is 14.3 Å². The number of ether oxygens (including phenoxy) is 1. The monoisotopic (exact) mass is 363 g/mol. The molecule has 0 aliphatic heterocycles. The maximum atomic E-state index is 12.3. The van der Waals surface area contributed by atoms with E-state index in [2.05, 4.69) is 5.32 Å². The van der Waals surface area contributed by atoms with Gasteiger partial charge in [-0.2, -0.15) is 0 Å². The van der Waals surface area contributed by atoms with Gasteiger partial charge < -0.3 is 10.1 Å². The van der Waals surface area contributed by atoms with Crippen molar-refractivity contribution in [2.45, 2.75) is 32.1 Å².